The van der Waals surface area contributed by atoms with Crippen molar-refractivity contribution in [2.24, 2.45) is 5.92 Å². The number of hydrogen-bond donors (Lipinski definition) is 2. The monoisotopic (exact) mass is 566 g/mol. The molecule has 41 heavy (non-hydrogen) atoms. The zero-order valence-corrected chi connectivity index (χ0v) is 23.4. The number of halogens is 2. The Labute approximate surface area is 239 Å². The fourth-order valence-electron chi connectivity index (χ4n) is 4.33. The molecule has 0 fully saturated rings. The Hall–Kier alpha value is -4.11. The predicted molar refractivity (Wildman–Crippen MR) is 151 cm³/mol. The second-order valence-electron chi connectivity index (χ2n) is 10.1. The number of Topliss-reactive ketones (excluding diaryl/α,β-unsaturated/α-hetero) is 1. The van der Waals surface area contributed by atoms with Crippen LogP contribution in [0.2, 0.25) is 0 Å². The van der Waals surface area contributed by atoms with E-state index in [1.54, 1.807) is 98.8 Å². The lowest BCUT2D eigenvalue weighted by Gasteiger charge is -2.30. The van der Waals surface area contributed by atoms with Crippen molar-refractivity contribution in [3.63, 3.8) is 0 Å². The first-order chi connectivity index (χ1) is 19.6. The van der Waals surface area contributed by atoms with Gasteiger partial charge < -0.3 is 20.1 Å². The summed E-state index contributed by atoms with van der Waals surface area (Å²) in [4.78, 5) is 39.3. The predicted octanol–water partition coefficient (Wildman–Crippen LogP) is 5.13. The van der Waals surface area contributed by atoms with Gasteiger partial charge in [0.05, 0.1) is 6.04 Å². The number of methoxy groups -OCH3 is 1. The summed E-state index contributed by atoms with van der Waals surface area (Å²) in [6.07, 6.45) is -2.97. The van der Waals surface area contributed by atoms with E-state index in [1.807, 2.05) is 6.07 Å². The van der Waals surface area contributed by atoms with Gasteiger partial charge in [0.2, 0.25) is 11.7 Å². The summed E-state index contributed by atoms with van der Waals surface area (Å²) in [7, 11) is 1.12. The van der Waals surface area contributed by atoms with Gasteiger partial charge in [-0.1, -0.05) is 105 Å². The fourth-order valence-corrected chi connectivity index (χ4v) is 4.33. The van der Waals surface area contributed by atoms with E-state index in [-0.39, 0.29) is 19.4 Å². The molecule has 0 saturated carbocycles. The third kappa shape index (κ3) is 9.21. The lowest BCUT2D eigenvalue weighted by molar-refractivity contribution is -0.167. The Bertz CT molecular complexity index is 1260. The molecule has 0 heterocycles. The van der Waals surface area contributed by atoms with E-state index >= 15 is 8.78 Å². The number of nitrogens with one attached hydrogen (secondary N) is 2. The molecule has 0 aliphatic heterocycles. The highest BCUT2D eigenvalue weighted by atomic mass is 19.3. The smallest absolute Gasteiger partial charge is 0.408 e. The van der Waals surface area contributed by atoms with Crippen LogP contribution in [0.3, 0.4) is 0 Å². The Kier molecular flexibility index (Phi) is 11.5. The SMILES string of the molecule is CO[C@@H](Cc1ccccc1)C(F)(F)C(=O)[C@H](Cc1ccccc1)NC(=O)[C@@H](NC(=O)OCc1ccccc1)C(C)C. The largest absolute Gasteiger partial charge is 0.445 e. The summed E-state index contributed by atoms with van der Waals surface area (Å²) >= 11 is 0. The van der Waals surface area contributed by atoms with Crippen LogP contribution in [0.4, 0.5) is 13.6 Å². The van der Waals surface area contributed by atoms with Crippen molar-refractivity contribution in [3.05, 3.63) is 108 Å². The first kappa shape index (κ1) is 31.4. The van der Waals surface area contributed by atoms with Gasteiger partial charge in [0, 0.05) is 13.5 Å². The number of amides is 2. The maximum absolute atomic E-state index is 15.7. The average molecular weight is 567 g/mol. The van der Waals surface area contributed by atoms with Crippen molar-refractivity contribution >= 4 is 17.8 Å². The summed E-state index contributed by atoms with van der Waals surface area (Å²) in [5.74, 6) is -6.62. The number of ketones is 1. The molecule has 3 aromatic rings. The summed E-state index contributed by atoms with van der Waals surface area (Å²) in [5.41, 5.74) is 1.91. The highest BCUT2D eigenvalue weighted by molar-refractivity contribution is 5.96. The van der Waals surface area contributed by atoms with Crippen molar-refractivity contribution in [1.29, 1.82) is 0 Å². The van der Waals surface area contributed by atoms with Crippen molar-refractivity contribution in [2.75, 3.05) is 7.11 Å². The van der Waals surface area contributed by atoms with E-state index in [2.05, 4.69) is 10.6 Å². The van der Waals surface area contributed by atoms with Gasteiger partial charge >= 0.3 is 12.0 Å². The molecule has 3 rings (SSSR count). The van der Waals surface area contributed by atoms with E-state index in [0.29, 0.717) is 11.1 Å². The maximum Gasteiger partial charge on any atom is 0.408 e. The summed E-state index contributed by atoms with van der Waals surface area (Å²) in [6, 6.07) is 23.4. The van der Waals surface area contributed by atoms with Gasteiger partial charge in [-0.15, -0.1) is 0 Å². The molecule has 0 saturated heterocycles. The van der Waals surface area contributed by atoms with Crippen LogP contribution in [-0.4, -0.2) is 49.0 Å². The zero-order chi connectivity index (χ0) is 29.8. The molecular formula is C32H36F2N2O5. The van der Waals surface area contributed by atoms with Crippen LogP contribution in [0.5, 0.6) is 0 Å². The van der Waals surface area contributed by atoms with E-state index in [9.17, 15) is 14.4 Å². The van der Waals surface area contributed by atoms with Crippen LogP contribution in [0.15, 0.2) is 91.0 Å². The fraction of sp³-hybridized carbons (Fsp3) is 0.344. The highest BCUT2D eigenvalue weighted by Crippen LogP contribution is 2.28. The van der Waals surface area contributed by atoms with Crippen molar-refractivity contribution in [3.8, 4) is 0 Å². The molecule has 0 aliphatic rings. The molecule has 0 bridgehead atoms. The molecule has 2 amide bonds. The normalized spacial score (nSPS) is 13.6. The third-order valence-corrected chi connectivity index (χ3v) is 6.63. The molecule has 0 aromatic heterocycles. The van der Waals surface area contributed by atoms with Gasteiger partial charge in [0.25, 0.3) is 0 Å². The molecule has 7 nitrogen and oxygen atoms in total. The minimum Gasteiger partial charge on any atom is -0.445 e. The van der Waals surface area contributed by atoms with Crippen LogP contribution < -0.4 is 10.6 Å². The molecule has 2 N–H and O–H groups in total. The van der Waals surface area contributed by atoms with Gasteiger partial charge in [-0.25, -0.2) is 4.79 Å². The molecule has 9 heteroatoms. The number of carbonyl (C=O) groups excluding carboxylic acids is 3. The number of rotatable bonds is 14. The Morgan fingerprint density at radius 2 is 1.24 bits per heavy atom. The Morgan fingerprint density at radius 1 is 0.756 bits per heavy atom. The van der Waals surface area contributed by atoms with E-state index in [1.165, 1.54) is 0 Å². The van der Waals surface area contributed by atoms with Gasteiger partial charge in [-0.3, -0.25) is 9.59 Å². The highest BCUT2D eigenvalue weighted by Gasteiger charge is 2.50. The van der Waals surface area contributed by atoms with Crippen molar-refractivity contribution < 1.29 is 32.6 Å². The Balaban J connectivity index is 1.78. The van der Waals surface area contributed by atoms with Gasteiger partial charge in [0.15, 0.2) is 0 Å². The third-order valence-electron chi connectivity index (χ3n) is 6.63. The number of alkyl halides is 2. The summed E-state index contributed by atoms with van der Waals surface area (Å²) < 4.78 is 41.7. The van der Waals surface area contributed by atoms with Gasteiger partial charge in [-0.05, 0) is 29.0 Å². The number of benzene rings is 3. The first-order valence-corrected chi connectivity index (χ1v) is 13.4. The molecular weight excluding hydrogens is 530 g/mol. The van der Waals surface area contributed by atoms with Gasteiger partial charge in [0.1, 0.15) is 18.8 Å². The van der Waals surface area contributed by atoms with E-state index < -0.39 is 47.8 Å². The molecule has 218 valence electrons. The lowest BCUT2D eigenvalue weighted by atomic mass is 9.92. The van der Waals surface area contributed by atoms with Crippen molar-refractivity contribution in [2.45, 2.75) is 57.4 Å². The van der Waals surface area contributed by atoms with Crippen LogP contribution in [0, 0.1) is 5.92 Å². The van der Waals surface area contributed by atoms with Crippen molar-refractivity contribution in [1.82, 2.24) is 10.6 Å². The number of alkyl carbamates (subject to hydrolysis) is 1. The minimum absolute atomic E-state index is 0.0136. The number of hydrogen-bond acceptors (Lipinski definition) is 5. The van der Waals surface area contributed by atoms with E-state index in [4.69, 9.17) is 9.47 Å². The number of ether oxygens (including phenoxy) is 2. The quantitative estimate of drug-likeness (QED) is 0.282. The molecule has 0 spiro atoms. The maximum atomic E-state index is 15.7. The van der Waals surface area contributed by atoms with Crippen LogP contribution >= 0.6 is 0 Å². The lowest BCUT2D eigenvalue weighted by Crippen LogP contribution is -2.58. The first-order valence-electron chi connectivity index (χ1n) is 13.4. The minimum atomic E-state index is -3.92. The molecule has 3 atom stereocenters. The summed E-state index contributed by atoms with van der Waals surface area (Å²) in [6.45, 7) is 3.36. The van der Waals surface area contributed by atoms with Crippen LogP contribution in [-0.2, 0) is 38.5 Å². The number of carbonyl (C=O) groups is 3. The topological polar surface area (TPSA) is 93.7 Å². The molecule has 0 radical (unpaired) electrons. The second kappa shape index (κ2) is 15.0. The van der Waals surface area contributed by atoms with E-state index in [0.717, 1.165) is 12.7 Å². The Morgan fingerprint density at radius 3 is 1.73 bits per heavy atom. The molecule has 0 aliphatic carbocycles. The zero-order valence-electron chi connectivity index (χ0n) is 23.4. The van der Waals surface area contributed by atoms with Crippen LogP contribution in [0.25, 0.3) is 0 Å². The average Bonchev–Trinajstić information content (AvgIpc) is 2.98. The molecule has 0 unspecified atom stereocenters. The standard InChI is InChI=1S/C32H36F2N2O5/c1-22(2)28(36-31(39)41-21-25-17-11-6-12-18-25)30(38)35-26(19-23-13-7-4-8-14-23)29(37)32(33,34)27(40-3)20-24-15-9-5-10-16-24/h4-18,22,26-28H,19-21H2,1-3H3,(H,35,38)(H,36,39)/t26-,27-,28-/m0/s1. The summed E-state index contributed by atoms with van der Waals surface area (Å²) in [5, 5.41) is 4.98. The van der Waals surface area contributed by atoms with Gasteiger partial charge in [-0.2, -0.15) is 8.78 Å². The second-order valence-corrected chi connectivity index (χ2v) is 10.1. The van der Waals surface area contributed by atoms with Crippen LogP contribution in [0.1, 0.15) is 30.5 Å². The molecule has 3 aromatic carbocycles.